The molecule has 1 saturated heterocycles. The predicted octanol–water partition coefficient (Wildman–Crippen LogP) is 2.35. The average Bonchev–Trinajstić information content (AvgIpc) is 3.19. The minimum absolute atomic E-state index is 0. The SMILES string of the molecule is CN=C(NCCc1ccc(F)cc1Cl)N1CCN(S(=O)(=O)Cc2ccon2)CC1.I. The van der Waals surface area contributed by atoms with Crippen LogP contribution >= 0.6 is 35.6 Å². The second-order valence-electron chi connectivity index (χ2n) is 6.59. The first kappa shape index (κ1) is 24.8. The molecule has 166 valence electrons. The number of nitrogens with zero attached hydrogens (tertiary/aromatic N) is 4. The van der Waals surface area contributed by atoms with E-state index in [0.29, 0.717) is 55.8 Å². The number of aliphatic imine (C=N–C) groups is 1. The van der Waals surface area contributed by atoms with Crippen LogP contribution in [0.3, 0.4) is 0 Å². The third kappa shape index (κ3) is 6.53. The lowest BCUT2D eigenvalue weighted by Gasteiger charge is -2.35. The number of sulfonamides is 1. The molecule has 0 radical (unpaired) electrons. The van der Waals surface area contributed by atoms with Crippen molar-refractivity contribution in [2.45, 2.75) is 12.2 Å². The summed E-state index contributed by atoms with van der Waals surface area (Å²) in [7, 11) is -1.76. The lowest BCUT2D eigenvalue weighted by atomic mass is 10.1. The second kappa shape index (κ2) is 11.3. The Bertz CT molecular complexity index is 951. The highest BCUT2D eigenvalue weighted by Gasteiger charge is 2.28. The van der Waals surface area contributed by atoms with Gasteiger partial charge in [-0.1, -0.05) is 22.8 Å². The van der Waals surface area contributed by atoms with Crippen molar-refractivity contribution < 1.29 is 17.3 Å². The highest BCUT2D eigenvalue weighted by molar-refractivity contribution is 14.0. The number of hydrogen-bond acceptors (Lipinski definition) is 5. The summed E-state index contributed by atoms with van der Waals surface area (Å²) in [4.78, 5) is 6.28. The Labute approximate surface area is 197 Å². The maximum Gasteiger partial charge on any atom is 0.220 e. The van der Waals surface area contributed by atoms with Gasteiger partial charge in [0.25, 0.3) is 0 Å². The van der Waals surface area contributed by atoms with Crippen molar-refractivity contribution in [3.63, 3.8) is 0 Å². The van der Waals surface area contributed by atoms with Gasteiger partial charge in [-0.15, -0.1) is 24.0 Å². The quantitative estimate of drug-likeness (QED) is 0.325. The zero-order chi connectivity index (χ0) is 20.9. The van der Waals surface area contributed by atoms with E-state index >= 15 is 0 Å². The van der Waals surface area contributed by atoms with Crippen molar-refractivity contribution in [2.24, 2.45) is 4.99 Å². The Morgan fingerprint density at radius 3 is 2.63 bits per heavy atom. The standard InChI is InChI=1S/C18H23ClFN5O3S.HI/c1-21-18(22-6-4-14-2-3-15(20)12-17(14)19)24-7-9-25(10-8-24)29(26,27)13-16-5-11-28-23-16;/h2-3,5,11-12H,4,6-10,13H2,1H3,(H,21,22);1H. The molecule has 2 heterocycles. The van der Waals surface area contributed by atoms with Gasteiger partial charge in [0.2, 0.25) is 10.0 Å². The fourth-order valence-corrected chi connectivity index (χ4v) is 4.82. The molecule has 12 heteroatoms. The van der Waals surface area contributed by atoms with Gasteiger partial charge in [-0.05, 0) is 24.1 Å². The number of guanidine groups is 1. The van der Waals surface area contributed by atoms with Crippen LogP contribution in [0.5, 0.6) is 0 Å². The summed E-state index contributed by atoms with van der Waals surface area (Å²) in [5.41, 5.74) is 1.24. The van der Waals surface area contributed by atoms with Crippen LogP contribution in [0, 0.1) is 5.82 Å². The van der Waals surface area contributed by atoms with E-state index in [2.05, 4.69) is 15.5 Å². The van der Waals surface area contributed by atoms with Gasteiger partial charge >= 0.3 is 0 Å². The monoisotopic (exact) mass is 571 g/mol. The van der Waals surface area contributed by atoms with Crippen LogP contribution in [0.15, 0.2) is 40.0 Å². The van der Waals surface area contributed by atoms with Crippen LogP contribution < -0.4 is 5.32 Å². The summed E-state index contributed by atoms with van der Waals surface area (Å²) in [6.07, 6.45) is 1.97. The van der Waals surface area contributed by atoms with Crippen LogP contribution in [0.25, 0.3) is 0 Å². The van der Waals surface area contributed by atoms with Crippen molar-refractivity contribution in [2.75, 3.05) is 39.8 Å². The van der Waals surface area contributed by atoms with E-state index in [9.17, 15) is 12.8 Å². The molecule has 1 aliphatic heterocycles. The molecule has 1 aliphatic rings. The number of nitrogens with one attached hydrogen (secondary N) is 1. The van der Waals surface area contributed by atoms with Crippen LogP contribution in [-0.4, -0.2) is 68.5 Å². The van der Waals surface area contributed by atoms with Crippen molar-refractivity contribution in [1.29, 1.82) is 0 Å². The van der Waals surface area contributed by atoms with Crippen molar-refractivity contribution in [1.82, 2.24) is 19.7 Å². The van der Waals surface area contributed by atoms with E-state index in [1.165, 1.54) is 22.7 Å². The van der Waals surface area contributed by atoms with Gasteiger partial charge in [-0.25, -0.2) is 12.8 Å². The molecule has 0 saturated carbocycles. The maximum absolute atomic E-state index is 13.1. The lowest BCUT2D eigenvalue weighted by molar-refractivity contribution is 0.260. The van der Waals surface area contributed by atoms with Crippen molar-refractivity contribution in [3.05, 3.63) is 52.6 Å². The van der Waals surface area contributed by atoms with Crippen LogP contribution in [0.2, 0.25) is 5.02 Å². The first-order chi connectivity index (χ1) is 13.9. The molecule has 0 amide bonds. The first-order valence-electron chi connectivity index (χ1n) is 9.15. The molecule has 1 aromatic heterocycles. The third-order valence-corrected chi connectivity index (χ3v) is 6.82. The summed E-state index contributed by atoms with van der Waals surface area (Å²) in [6.45, 7) is 2.35. The largest absolute Gasteiger partial charge is 0.364 e. The summed E-state index contributed by atoms with van der Waals surface area (Å²) in [5, 5.41) is 7.32. The number of halogens is 3. The Balaban J connectivity index is 0.00000320. The highest BCUT2D eigenvalue weighted by atomic mass is 127. The molecule has 0 aliphatic carbocycles. The number of aromatic nitrogens is 1. The van der Waals surface area contributed by atoms with Gasteiger partial charge in [0.15, 0.2) is 5.96 Å². The molecule has 3 rings (SSSR count). The van der Waals surface area contributed by atoms with Gasteiger partial charge in [-0.2, -0.15) is 4.31 Å². The van der Waals surface area contributed by atoms with Gasteiger partial charge in [0, 0.05) is 50.9 Å². The molecule has 8 nitrogen and oxygen atoms in total. The normalized spacial score (nSPS) is 15.7. The lowest BCUT2D eigenvalue weighted by Crippen LogP contribution is -2.54. The minimum Gasteiger partial charge on any atom is -0.364 e. The van der Waals surface area contributed by atoms with Gasteiger partial charge in [-0.3, -0.25) is 4.99 Å². The van der Waals surface area contributed by atoms with Crippen LogP contribution in [-0.2, 0) is 22.2 Å². The number of hydrogen-bond donors (Lipinski definition) is 1. The van der Waals surface area contributed by atoms with Crippen LogP contribution in [0.1, 0.15) is 11.3 Å². The highest BCUT2D eigenvalue weighted by Crippen LogP contribution is 2.17. The van der Waals surface area contributed by atoms with Crippen molar-refractivity contribution >= 4 is 51.6 Å². The molecule has 30 heavy (non-hydrogen) atoms. The Kier molecular flexibility index (Phi) is 9.31. The molecular weight excluding hydrogens is 548 g/mol. The fraction of sp³-hybridized carbons (Fsp3) is 0.444. The molecule has 0 bridgehead atoms. The first-order valence-corrected chi connectivity index (χ1v) is 11.1. The summed E-state index contributed by atoms with van der Waals surface area (Å²) in [5.74, 6) is 0.158. The molecule has 1 fully saturated rings. The zero-order valence-corrected chi connectivity index (χ0v) is 20.3. The smallest absolute Gasteiger partial charge is 0.220 e. The Hall–Kier alpha value is -1.44. The van der Waals surface area contributed by atoms with E-state index in [1.807, 2.05) is 4.90 Å². The Morgan fingerprint density at radius 2 is 2.03 bits per heavy atom. The number of rotatable bonds is 6. The Morgan fingerprint density at radius 1 is 1.30 bits per heavy atom. The number of benzene rings is 1. The van der Waals surface area contributed by atoms with E-state index in [-0.39, 0.29) is 35.5 Å². The predicted molar refractivity (Wildman–Crippen MR) is 124 cm³/mol. The van der Waals surface area contributed by atoms with Gasteiger partial charge in [0.1, 0.15) is 17.8 Å². The molecule has 0 atom stereocenters. The van der Waals surface area contributed by atoms with Gasteiger partial charge < -0.3 is 14.7 Å². The summed E-state index contributed by atoms with van der Waals surface area (Å²) < 4.78 is 44.3. The van der Waals surface area contributed by atoms with Gasteiger partial charge in [0.05, 0.1) is 5.69 Å². The summed E-state index contributed by atoms with van der Waals surface area (Å²) >= 11 is 6.06. The van der Waals surface area contributed by atoms with Crippen LogP contribution in [0.4, 0.5) is 4.39 Å². The molecule has 0 spiro atoms. The molecule has 1 aromatic carbocycles. The fourth-order valence-electron chi connectivity index (χ4n) is 3.13. The molecule has 2 aromatic rings. The third-order valence-electron chi connectivity index (χ3n) is 4.66. The topological polar surface area (TPSA) is 91.0 Å². The van der Waals surface area contributed by atoms with E-state index in [4.69, 9.17) is 16.1 Å². The van der Waals surface area contributed by atoms with Crippen molar-refractivity contribution in [3.8, 4) is 0 Å². The zero-order valence-electron chi connectivity index (χ0n) is 16.4. The van der Waals surface area contributed by atoms with E-state index < -0.39 is 10.0 Å². The number of piperazine rings is 1. The molecule has 1 N–H and O–H groups in total. The van der Waals surface area contributed by atoms with E-state index in [1.54, 1.807) is 19.2 Å². The van der Waals surface area contributed by atoms with E-state index in [0.717, 1.165) is 5.56 Å². The minimum atomic E-state index is -3.44. The summed E-state index contributed by atoms with van der Waals surface area (Å²) in [6, 6.07) is 5.90. The molecule has 0 unspecified atom stereocenters. The second-order valence-corrected chi connectivity index (χ2v) is 8.97. The molecular formula is C18H24ClFIN5O3S. The maximum atomic E-state index is 13.1. The average molecular weight is 572 g/mol.